The molecule has 24 heavy (non-hydrogen) atoms. The highest BCUT2D eigenvalue weighted by Crippen LogP contribution is 2.49. The van der Waals surface area contributed by atoms with Gasteiger partial charge in [0.2, 0.25) is 0 Å². The van der Waals surface area contributed by atoms with Crippen molar-refractivity contribution in [2.75, 3.05) is 0 Å². The first-order chi connectivity index (χ1) is 10.7. The second-order valence-electron chi connectivity index (χ2n) is 9.08. The number of hydrogen-bond acceptors (Lipinski definition) is 4. The van der Waals surface area contributed by atoms with Gasteiger partial charge in [0.05, 0.1) is 5.92 Å². The molecule has 0 bridgehead atoms. The topological polar surface area (TPSA) is 84.9 Å². The monoisotopic (exact) mass is 359 g/mol. The number of alkyl carbamates (subject to hydrolysis) is 1. The fourth-order valence-corrected chi connectivity index (χ4v) is 4.66. The zero-order valence-corrected chi connectivity index (χ0v) is 17.4. The van der Waals surface area contributed by atoms with Gasteiger partial charge in [0.1, 0.15) is 11.3 Å². The number of carboxylic acids is 1. The van der Waals surface area contributed by atoms with Crippen LogP contribution in [0.2, 0.25) is 13.1 Å². The molecule has 0 unspecified atom stereocenters. The van der Waals surface area contributed by atoms with Crippen LogP contribution < -0.4 is 5.32 Å². The number of carbonyl (C=O) groups excluding carboxylic acids is 1. The van der Waals surface area contributed by atoms with E-state index in [0.29, 0.717) is 6.42 Å². The Balaban J connectivity index is 3.19. The Labute approximate surface area is 147 Å². The molecule has 1 aliphatic carbocycles. The average Bonchev–Trinajstić information content (AvgIpc) is 2.63. The Hall–Kier alpha value is -1.08. The average molecular weight is 360 g/mol. The largest absolute Gasteiger partial charge is 0.481 e. The van der Waals surface area contributed by atoms with E-state index >= 15 is 0 Å². The van der Waals surface area contributed by atoms with E-state index < -0.39 is 38.3 Å². The lowest BCUT2D eigenvalue weighted by atomic mass is 9.75. The summed E-state index contributed by atoms with van der Waals surface area (Å²) in [6.07, 6.45) is 0.196. The molecule has 0 saturated heterocycles. The molecule has 1 fully saturated rings. The van der Waals surface area contributed by atoms with E-state index in [1.807, 2.05) is 13.1 Å². The van der Waals surface area contributed by atoms with E-state index in [4.69, 9.17) is 9.16 Å². The fourth-order valence-electron chi connectivity index (χ4n) is 3.50. The van der Waals surface area contributed by atoms with Gasteiger partial charge in [0.25, 0.3) is 0 Å². The third-order valence-corrected chi connectivity index (χ3v) is 5.08. The second kappa shape index (κ2) is 7.04. The number of aliphatic carboxylic acids is 1. The van der Waals surface area contributed by atoms with Crippen LogP contribution in [0.15, 0.2) is 0 Å². The van der Waals surface area contributed by atoms with Gasteiger partial charge in [-0.1, -0.05) is 20.8 Å². The lowest BCUT2D eigenvalue weighted by molar-refractivity contribution is -0.142. The van der Waals surface area contributed by atoms with Crippen molar-refractivity contribution in [2.24, 2.45) is 17.3 Å². The van der Waals surface area contributed by atoms with Crippen molar-refractivity contribution in [1.82, 2.24) is 5.32 Å². The second-order valence-corrected chi connectivity index (χ2v) is 11.4. The molecule has 2 N–H and O–H groups in total. The number of amides is 1. The number of carboxylic acid groups (broad SMARTS) is 1. The van der Waals surface area contributed by atoms with E-state index in [1.54, 1.807) is 20.8 Å². The van der Waals surface area contributed by atoms with Gasteiger partial charge in [-0.2, -0.15) is 0 Å². The summed E-state index contributed by atoms with van der Waals surface area (Å²) in [5, 5.41) is 12.4. The van der Waals surface area contributed by atoms with Crippen molar-refractivity contribution in [2.45, 2.75) is 78.8 Å². The number of rotatable bonds is 4. The Morgan fingerprint density at radius 3 is 2.08 bits per heavy atom. The fraction of sp³-hybridized carbons (Fsp3) is 0.882. The molecule has 1 saturated carbocycles. The van der Waals surface area contributed by atoms with E-state index in [9.17, 15) is 14.7 Å². The summed E-state index contributed by atoms with van der Waals surface area (Å²) in [4.78, 5) is 24.0. The van der Waals surface area contributed by atoms with Gasteiger partial charge in [0, 0.05) is 12.3 Å². The van der Waals surface area contributed by atoms with Crippen LogP contribution in [-0.4, -0.2) is 37.5 Å². The lowest BCUT2D eigenvalue weighted by Gasteiger charge is -2.44. The highest BCUT2D eigenvalue weighted by molar-refractivity contribution is 6.48. The third kappa shape index (κ3) is 5.48. The van der Waals surface area contributed by atoms with Crippen molar-refractivity contribution in [3.8, 4) is 0 Å². The van der Waals surface area contributed by atoms with Crippen LogP contribution in [0.3, 0.4) is 0 Å². The number of ether oxygens (including phenoxy) is 1. The molecule has 0 radical (unpaired) electrons. The quantitative estimate of drug-likeness (QED) is 0.594. The molecule has 0 aromatic heterocycles. The summed E-state index contributed by atoms with van der Waals surface area (Å²) >= 11 is 0. The van der Waals surface area contributed by atoms with Crippen molar-refractivity contribution in [3.63, 3.8) is 0 Å². The van der Waals surface area contributed by atoms with Crippen LogP contribution in [0.4, 0.5) is 4.79 Å². The maximum absolute atomic E-state index is 12.4. The first-order valence-corrected chi connectivity index (χ1v) is 11.4. The van der Waals surface area contributed by atoms with E-state index in [2.05, 4.69) is 26.1 Å². The molecular weight excluding hydrogens is 326 g/mol. The first-order valence-electron chi connectivity index (χ1n) is 8.58. The van der Waals surface area contributed by atoms with Gasteiger partial charge in [0.15, 0.2) is 9.04 Å². The van der Waals surface area contributed by atoms with Gasteiger partial charge >= 0.3 is 12.1 Å². The summed E-state index contributed by atoms with van der Waals surface area (Å²) in [6.45, 7) is 15.6. The smallest absolute Gasteiger partial charge is 0.409 e. The van der Waals surface area contributed by atoms with Crippen molar-refractivity contribution < 1.29 is 23.9 Å². The number of hydrogen-bond donors (Lipinski definition) is 2. The van der Waals surface area contributed by atoms with Gasteiger partial charge in [-0.3, -0.25) is 10.1 Å². The van der Waals surface area contributed by atoms with E-state index in [1.165, 1.54) is 0 Å². The molecule has 1 aliphatic rings. The predicted octanol–water partition coefficient (Wildman–Crippen LogP) is 3.36. The van der Waals surface area contributed by atoms with Gasteiger partial charge < -0.3 is 14.3 Å². The molecule has 1 rings (SSSR count). The minimum atomic E-state index is -1.53. The summed E-state index contributed by atoms with van der Waals surface area (Å²) in [5.74, 6) is -1.48. The molecule has 0 aromatic carbocycles. The summed E-state index contributed by atoms with van der Waals surface area (Å²) in [6, 6.07) is 0. The Morgan fingerprint density at radius 2 is 1.71 bits per heavy atom. The first kappa shape index (κ1) is 21.0. The predicted molar refractivity (Wildman–Crippen MR) is 95.4 cm³/mol. The van der Waals surface area contributed by atoms with Crippen molar-refractivity contribution >= 4 is 21.1 Å². The number of carbonyl (C=O) groups is 2. The number of nitrogens with one attached hydrogen (secondary N) is 1. The molecular formula is C17H33NO5Si. The van der Waals surface area contributed by atoms with Crippen LogP contribution in [0, 0.1) is 17.3 Å². The van der Waals surface area contributed by atoms with Crippen LogP contribution in [0.5, 0.6) is 0 Å². The summed E-state index contributed by atoms with van der Waals surface area (Å²) in [7, 11) is -1.53. The van der Waals surface area contributed by atoms with Crippen LogP contribution >= 0.6 is 0 Å². The molecule has 1 amide bonds. The molecule has 6 nitrogen and oxygen atoms in total. The molecule has 0 spiro atoms. The van der Waals surface area contributed by atoms with E-state index in [-0.39, 0.29) is 17.8 Å². The SMILES string of the molecule is C[SiH](C)O[C@@]1(NC(=O)OC(C)(C)C)C[C@@H](C(=O)O)C[C@H]1C(C)(C)C. The highest BCUT2D eigenvalue weighted by Gasteiger charge is 2.56. The Bertz CT molecular complexity index is 480. The molecule has 0 heterocycles. The maximum atomic E-state index is 12.4. The molecule has 3 atom stereocenters. The highest BCUT2D eigenvalue weighted by atomic mass is 28.3. The minimum Gasteiger partial charge on any atom is -0.481 e. The van der Waals surface area contributed by atoms with Gasteiger partial charge in [-0.05, 0) is 45.7 Å². The summed E-state index contributed by atoms with van der Waals surface area (Å²) < 4.78 is 11.7. The Morgan fingerprint density at radius 1 is 1.17 bits per heavy atom. The molecule has 7 heteroatoms. The summed E-state index contributed by atoms with van der Waals surface area (Å²) in [5.41, 5.74) is -1.81. The standard InChI is InChI=1S/C17H33NO5Si/c1-15(2,3)12-9-11(13(19)20)10-17(12,23-24(7)8)18-14(21)22-16(4,5)6/h11-12,24H,9-10H2,1-8H3,(H,18,21)(H,19,20)/t11-,12-,17-/m0/s1. The van der Waals surface area contributed by atoms with Crippen LogP contribution in [0.25, 0.3) is 0 Å². The zero-order valence-electron chi connectivity index (χ0n) is 16.2. The van der Waals surface area contributed by atoms with Gasteiger partial charge in [-0.15, -0.1) is 0 Å². The van der Waals surface area contributed by atoms with Crippen LogP contribution in [0.1, 0.15) is 54.4 Å². The molecule has 0 aromatic rings. The Kier molecular flexibility index (Phi) is 6.14. The van der Waals surface area contributed by atoms with Crippen molar-refractivity contribution in [3.05, 3.63) is 0 Å². The lowest BCUT2D eigenvalue weighted by Crippen LogP contribution is -2.58. The normalized spacial score (nSPS) is 28.0. The maximum Gasteiger partial charge on any atom is 0.409 e. The third-order valence-electron chi connectivity index (χ3n) is 4.19. The van der Waals surface area contributed by atoms with Gasteiger partial charge in [-0.25, -0.2) is 4.79 Å². The molecule has 140 valence electrons. The molecule has 0 aliphatic heterocycles. The van der Waals surface area contributed by atoms with Crippen LogP contribution in [-0.2, 0) is 14.0 Å². The van der Waals surface area contributed by atoms with E-state index in [0.717, 1.165) is 0 Å². The zero-order chi connectivity index (χ0) is 18.9. The minimum absolute atomic E-state index is 0.103. The van der Waals surface area contributed by atoms with Crippen molar-refractivity contribution in [1.29, 1.82) is 0 Å².